The number of ether oxygens (including phenoxy) is 1. The second-order valence-corrected chi connectivity index (χ2v) is 10.1. The molecule has 1 aliphatic heterocycles. The molecule has 0 spiro atoms. The lowest BCUT2D eigenvalue weighted by molar-refractivity contribution is -0.126. The number of amides is 1. The van der Waals surface area contributed by atoms with Crippen molar-refractivity contribution in [2.45, 2.75) is 19.0 Å². The van der Waals surface area contributed by atoms with E-state index in [0.29, 0.717) is 26.1 Å². The number of H-pyrrole nitrogens is 1. The van der Waals surface area contributed by atoms with Gasteiger partial charge in [0.15, 0.2) is 9.84 Å². The van der Waals surface area contributed by atoms with E-state index in [1.165, 1.54) is 0 Å². The standard InChI is InChI=1S/C23H27N3O4S/c1-30-19-8-6-17(7-9-19)15-25-23(27)22(26-10-12-31(28,29)13-11-26)14-18-16-24-21-5-3-2-4-20(18)21/h2-9,16,22,24H,10-15H2,1H3,(H,25,27)/t22-/m0/s1. The zero-order valence-electron chi connectivity index (χ0n) is 17.5. The topological polar surface area (TPSA) is 91.5 Å². The number of carbonyl (C=O) groups is 1. The lowest BCUT2D eigenvalue weighted by atomic mass is 10.0. The Hall–Kier alpha value is -2.84. The smallest absolute Gasteiger partial charge is 0.237 e. The first-order chi connectivity index (χ1) is 14.9. The maximum absolute atomic E-state index is 13.2. The Labute approximate surface area is 182 Å². The van der Waals surface area contributed by atoms with E-state index in [1.54, 1.807) is 7.11 Å². The summed E-state index contributed by atoms with van der Waals surface area (Å²) in [5.41, 5.74) is 3.05. The van der Waals surface area contributed by atoms with E-state index in [1.807, 2.05) is 59.6 Å². The molecule has 0 radical (unpaired) electrons. The van der Waals surface area contributed by atoms with Gasteiger partial charge in [-0.05, 0) is 35.7 Å². The van der Waals surface area contributed by atoms with Crippen molar-refractivity contribution in [3.05, 3.63) is 65.9 Å². The van der Waals surface area contributed by atoms with Gasteiger partial charge in [-0.3, -0.25) is 9.69 Å². The summed E-state index contributed by atoms with van der Waals surface area (Å²) in [6.07, 6.45) is 2.45. The number of fused-ring (bicyclic) bond motifs is 1. The molecule has 164 valence electrons. The molecule has 1 atom stereocenters. The number of aromatic nitrogens is 1. The Balaban J connectivity index is 1.51. The van der Waals surface area contributed by atoms with Crippen molar-refractivity contribution in [2.75, 3.05) is 31.7 Å². The van der Waals surface area contributed by atoms with Crippen LogP contribution in [0.3, 0.4) is 0 Å². The normalized spacial score (nSPS) is 17.3. The molecule has 0 saturated carbocycles. The molecule has 0 unspecified atom stereocenters. The minimum atomic E-state index is -3.02. The molecule has 0 aliphatic carbocycles. The van der Waals surface area contributed by atoms with Crippen molar-refractivity contribution in [3.63, 3.8) is 0 Å². The molecule has 1 saturated heterocycles. The van der Waals surface area contributed by atoms with Gasteiger partial charge in [0.2, 0.25) is 5.91 Å². The van der Waals surface area contributed by atoms with E-state index in [9.17, 15) is 13.2 Å². The number of carbonyl (C=O) groups excluding carboxylic acids is 1. The third kappa shape index (κ3) is 5.08. The Morgan fingerprint density at radius 3 is 2.55 bits per heavy atom. The van der Waals surface area contributed by atoms with Crippen LogP contribution in [0.1, 0.15) is 11.1 Å². The maximum atomic E-state index is 13.2. The van der Waals surface area contributed by atoms with E-state index in [4.69, 9.17) is 4.74 Å². The molecule has 1 aliphatic rings. The summed E-state index contributed by atoms with van der Waals surface area (Å²) in [5.74, 6) is 0.842. The third-order valence-electron chi connectivity index (χ3n) is 5.84. The van der Waals surface area contributed by atoms with Crippen molar-refractivity contribution in [1.82, 2.24) is 15.2 Å². The van der Waals surface area contributed by atoms with Gasteiger partial charge in [0, 0.05) is 36.7 Å². The highest BCUT2D eigenvalue weighted by molar-refractivity contribution is 7.91. The van der Waals surface area contributed by atoms with Crippen molar-refractivity contribution in [1.29, 1.82) is 0 Å². The van der Waals surface area contributed by atoms with Gasteiger partial charge in [-0.1, -0.05) is 30.3 Å². The van der Waals surface area contributed by atoms with E-state index < -0.39 is 15.9 Å². The molecule has 2 N–H and O–H groups in total. The highest BCUT2D eigenvalue weighted by Gasteiger charge is 2.32. The van der Waals surface area contributed by atoms with Crippen molar-refractivity contribution in [3.8, 4) is 5.75 Å². The van der Waals surface area contributed by atoms with Crippen LogP contribution in [0.25, 0.3) is 10.9 Å². The molecular weight excluding hydrogens is 414 g/mol. The van der Waals surface area contributed by atoms with E-state index in [-0.39, 0.29) is 17.4 Å². The van der Waals surface area contributed by atoms with Gasteiger partial charge in [0.1, 0.15) is 5.75 Å². The van der Waals surface area contributed by atoms with Crippen LogP contribution in [0.5, 0.6) is 5.75 Å². The summed E-state index contributed by atoms with van der Waals surface area (Å²) < 4.78 is 29.0. The Kier molecular flexibility index (Phi) is 6.29. The summed E-state index contributed by atoms with van der Waals surface area (Å²) >= 11 is 0. The molecular formula is C23H27N3O4S. The monoisotopic (exact) mass is 441 g/mol. The number of hydrogen-bond acceptors (Lipinski definition) is 5. The predicted octanol–water partition coefficient (Wildman–Crippen LogP) is 2.13. The van der Waals surface area contributed by atoms with Crippen LogP contribution < -0.4 is 10.1 Å². The average Bonchev–Trinajstić information content (AvgIpc) is 3.19. The lowest BCUT2D eigenvalue weighted by Gasteiger charge is -2.33. The van der Waals surface area contributed by atoms with E-state index in [0.717, 1.165) is 27.8 Å². The van der Waals surface area contributed by atoms with Gasteiger partial charge in [0.05, 0.1) is 24.7 Å². The number of nitrogens with one attached hydrogen (secondary N) is 2. The molecule has 8 heteroatoms. The number of para-hydroxylation sites is 1. The largest absolute Gasteiger partial charge is 0.497 e. The predicted molar refractivity (Wildman–Crippen MR) is 121 cm³/mol. The van der Waals surface area contributed by atoms with Gasteiger partial charge in [-0.15, -0.1) is 0 Å². The molecule has 1 aromatic heterocycles. The van der Waals surface area contributed by atoms with Crippen LogP contribution in [0.2, 0.25) is 0 Å². The van der Waals surface area contributed by atoms with Gasteiger partial charge in [0.25, 0.3) is 0 Å². The molecule has 1 fully saturated rings. The van der Waals surface area contributed by atoms with Gasteiger partial charge >= 0.3 is 0 Å². The Bertz CT molecular complexity index is 1140. The second-order valence-electron chi connectivity index (χ2n) is 7.83. The summed E-state index contributed by atoms with van der Waals surface area (Å²) in [5, 5.41) is 4.12. The highest BCUT2D eigenvalue weighted by Crippen LogP contribution is 2.22. The SMILES string of the molecule is COc1ccc(CNC(=O)[C@H](Cc2c[nH]c3ccccc23)N2CCS(=O)(=O)CC2)cc1. The Morgan fingerprint density at radius 2 is 1.84 bits per heavy atom. The number of hydrogen-bond donors (Lipinski definition) is 2. The molecule has 7 nitrogen and oxygen atoms in total. The summed E-state index contributed by atoms with van der Waals surface area (Å²) in [6, 6.07) is 15.1. The zero-order chi connectivity index (χ0) is 21.8. The van der Waals surface area contributed by atoms with Gasteiger partial charge < -0.3 is 15.0 Å². The minimum Gasteiger partial charge on any atom is -0.497 e. The van der Waals surface area contributed by atoms with Crippen LogP contribution in [-0.2, 0) is 27.6 Å². The molecule has 3 aromatic rings. The summed E-state index contributed by atoms with van der Waals surface area (Å²) in [7, 11) is -1.41. The average molecular weight is 442 g/mol. The molecule has 2 aromatic carbocycles. The van der Waals surface area contributed by atoms with Crippen LogP contribution in [-0.4, -0.2) is 62.0 Å². The first kappa shape index (κ1) is 21.4. The van der Waals surface area contributed by atoms with Gasteiger partial charge in [-0.25, -0.2) is 8.42 Å². The molecule has 2 heterocycles. The fraction of sp³-hybridized carbons (Fsp3) is 0.348. The summed E-state index contributed by atoms with van der Waals surface area (Å²) in [4.78, 5) is 18.5. The number of aromatic amines is 1. The third-order valence-corrected chi connectivity index (χ3v) is 7.45. The Morgan fingerprint density at radius 1 is 1.13 bits per heavy atom. The maximum Gasteiger partial charge on any atom is 0.237 e. The molecule has 4 rings (SSSR count). The first-order valence-corrected chi connectivity index (χ1v) is 12.2. The van der Waals surface area contributed by atoms with E-state index >= 15 is 0 Å². The number of methoxy groups -OCH3 is 1. The minimum absolute atomic E-state index is 0.0865. The fourth-order valence-electron chi connectivity index (χ4n) is 3.99. The summed E-state index contributed by atoms with van der Waals surface area (Å²) in [6.45, 7) is 1.13. The quantitative estimate of drug-likeness (QED) is 0.586. The number of rotatable bonds is 7. The lowest BCUT2D eigenvalue weighted by Crippen LogP contribution is -2.53. The van der Waals surface area contributed by atoms with Crippen molar-refractivity contribution < 1.29 is 17.9 Å². The molecule has 31 heavy (non-hydrogen) atoms. The van der Waals surface area contributed by atoms with Crippen LogP contribution in [0.15, 0.2) is 54.7 Å². The zero-order valence-corrected chi connectivity index (χ0v) is 18.3. The van der Waals surface area contributed by atoms with Gasteiger partial charge in [-0.2, -0.15) is 0 Å². The first-order valence-electron chi connectivity index (χ1n) is 10.4. The number of nitrogens with zero attached hydrogens (tertiary/aromatic N) is 1. The number of benzene rings is 2. The molecule has 0 bridgehead atoms. The van der Waals surface area contributed by atoms with Crippen LogP contribution >= 0.6 is 0 Å². The second kappa shape index (κ2) is 9.11. The highest BCUT2D eigenvalue weighted by atomic mass is 32.2. The van der Waals surface area contributed by atoms with Crippen molar-refractivity contribution in [2.24, 2.45) is 0 Å². The fourth-order valence-corrected chi connectivity index (χ4v) is 5.21. The van der Waals surface area contributed by atoms with E-state index in [2.05, 4.69) is 10.3 Å². The molecule has 1 amide bonds. The van der Waals surface area contributed by atoms with Crippen molar-refractivity contribution >= 4 is 26.6 Å². The van der Waals surface area contributed by atoms with Crippen LogP contribution in [0, 0.1) is 0 Å². The van der Waals surface area contributed by atoms with Crippen LogP contribution in [0.4, 0.5) is 0 Å². The number of sulfone groups is 1.